The van der Waals surface area contributed by atoms with E-state index in [4.69, 9.17) is 5.11 Å². The van der Waals surface area contributed by atoms with Gasteiger partial charge in [0.2, 0.25) is 0 Å². The first kappa shape index (κ1) is 15.8. The zero-order chi connectivity index (χ0) is 15.6. The lowest BCUT2D eigenvalue weighted by molar-refractivity contribution is -0.133. The molecule has 0 amide bonds. The number of rotatable bonds is 6. The number of benzene rings is 1. The summed E-state index contributed by atoms with van der Waals surface area (Å²) in [5.41, 5.74) is 1.41. The number of carbonyl (C=O) groups is 1. The van der Waals surface area contributed by atoms with Gasteiger partial charge in [0.25, 0.3) is 0 Å². The van der Waals surface area contributed by atoms with Gasteiger partial charge in [-0.15, -0.1) is 0 Å². The summed E-state index contributed by atoms with van der Waals surface area (Å²) < 4.78 is 15.4. The average Bonchev–Trinajstić information content (AvgIpc) is 2.72. The first-order chi connectivity index (χ1) is 9.88. The van der Waals surface area contributed by atoms with Gasteiger partial charge < -0.3 is 9.67 Å². The number of imidazole rings is 1. The van der Waals surface area contributed by atoms with Gasteiger partial charge in [-0.3, -0.25) is 4.79 Å². The van der Waals surface area contributed by atoms with Crippen molar-refractivity contribution in [3.8, 4) is 0 Å². The third-order valence-electron chi connectivity index (χ3n) is 3.20. The maximum absolute atomic E-state index is 13.4. The number of fused-ring (bicyclic) bond motifs is 1. The minimum Gasteiger partial charge on any atom is -0.481 e. The Morgan fingerprint density at radius 1 is 1.43 bits per heavy atom. The summed E-state index contributed by atoms with van der Waals surface area (Å²) in [6.07, 6.45) is 0.948. The third kappa shape index (κ3) is 3.75. The van der Waals surface area contributed by atoms with Crippen molar-refractivity contribution in [3.05, 3.63) is 24.0 Å². The van der Waals surface area contributed by atoms with Crippen LogP contribution in [0.4, 0.5) is 4.39 Å². The van der Waals surface area contributed by atoms with Crippen LogP contribution >= 0.6 is 11.8 Å². The van der Waals surface area contributed by atoms with Crippen LogP contribution in [0.15, 0.2) is 23.4 Å². The predicted octanol–water partition coefficient (Wildman–Crippen LogP) is 3.96. The van der Waals surface area contributed by atoms with E-state index in [2.05, 4.69) is 25.8 Å². The van der Waals surface area contributed by atoms with Gasteiger partial charge in [0, 0.05) is 12.1 Å². The molecule has 1 unspecified atom stereocenters. The average molecular weight is 310 g/mol. The molecule has 0 spiro atoms. The van der Waals surface area contributed by atoms with E-state index in [0.29, 0.717) is 16.6 Å². The predicted molar refractivity (Wildman–Crippen MR) is 82.2 cm³/mol. The highest BCUT2D eigenvalue weighted by Crippen LogP contribution is 2.30. The summed E-state index contributed by atoms with van der Waals surface area (Å²) in [5, 5.41) is 9.48. The Morgan fingerprint density at radius 3 is 2.76 bits per heavy atom. The normalized spacial score (nSPS) is 13.0. The summed E-state index contributed by atoms with van der Waals surface area (Å²) in [7, 11) is 0. The maximum Gasteiger partial charge on any atom is 0.313 e. The number of hydrogen-bond donors (Lipinski definition) is 1. The number of carboxylic acid groups (broad SMARTS) is 1. The summed E-state index contributed by atoms with van der Waals surface area (Å²) in [6.45, 7) is 6.36. The van der Waals surface area contributed by atoms with Crippen molar-refractivity contribution in [1.29, 1.82) is 0 Å². The van der Waals surface area contributed by atoms with Crippen LogP contribution in [0.1, 0.15) is 33.2 Å². The smallest absolute Gasteiger partial charge is 0.313 e. The molecule has 1 N–H and O–H groups in total. The van der Waals surface area contributed by atoms with Crippen LogP contribution in [0.5, 0.6) is 0 Å². The fraction of sp³-hybridized carbons (Fsp3) is 0.467. The molecule has 21 heavy (non-hydrogen) atoms. The van der Waals surface area contributed by atoms with Crippen molar-refractivity contribution in [2.45, 2.75) is 38.4 Å². The lowest BCUT2D eigenvalue weighted by Gasteiger charge is -2.19. The van der Waals surface area contributed by atoms with Crippen LogP contribution < -0.4 is 0 Å². The van der Waals surface area contributed by atoms with Crippen LogP contribution in [0.2, 0.25) is 0 Å². The number of aliphatic carboxylic acids is 1. The molecule has 2 rings (SSSR count). The van der Waals surface area contributed by atoms with Crippen molar-refractivity contribution in [1.82, 2.24) is 9.55 Å². The first-order valence-corrected chi connectivity index (χ1v) is 7.89. The Bertz CT molecular complexity index is 654. The zero-order valence-electron chi connectivity index (χ0n) is 12.3. The molecule has 2 aromatic rings. The summed E-state index contributed by atoms with van der Waals surface area (Å²) in [4.78, 5) is 15.2. The fourth-order valence-corrected chi connectivity index (χ4v) is 3.32. The van der Waals surface area contributed by atoms with E-state index in [9.17, 15) is 9.18 Å². The molecule has 1 atom stereocenters. The lowest BCUT2D eigenvalue weighted by Crippen LogP contribution is -2.10. The van der Waals surface area contributed by atoms with Gasteiger partial charge in [0.1, 0.15) is 5.82 Å². The zero-order valence-corrected chi connectivity index (χ0v) is 13.2. The SMILES string of the molecule is CC(C)CC(C)n1c(SCC(=O)O)nc2cc(F)ccc21. The number of thioether (sulfide) groups is 1. The second-order valence-electron chi connectivity index (χ2n) is 5.56. The number of aromatic nitrogens is 2. The molecule has 0 aliphatic rings. The van der Waals surface area contributed by atoms with Crippen LogP contribution in [0, 0.1) is 11.7 Å². The molecule has 1 heterocycles. The van der Waals surface area contributed by atoms with Gasteiger partial charge in [0.15, 0.2) is 5.16 Å². The molecule has 0 fully saturated rings. The molecule has 6 heteroatoms. The quantitative estimate of drug-likeness (QED) is 0.821. The second kappa shape index (κ2) is 6.47. The highest BCUT2D eigenvalue weighted by Gasteiger charge is 2.18. The third-order valence-corrected chi connectivity index (χ3v) is 4.13. The Balaban J connectivity index is 2.46. The second-order valence-corrected chi connectivity index (χ2v) is 6.50. The van der Waals surface area contributed by atoms with E-state index >= 15 is 0 Å². The van der Waals surface area contributed by atoms with Gasteiger partial charge in [-0.25, -0.2) is 9.37 Å². The standard InChI is InChI=1S/C15H19FN2O2S/c1-9(2)6-10(3)18-13-5-4-11(16)7-12(13)17-15(18)21-8-14(19)20/h4-5,7,9-10H,6,8H2,1-3H3,(H,19,20). The molecular formula is C15H19FN2O2S. The van der Waals surface area contributed by atoms with Gasteiger partial charge in [-0.1, -0.05) is 25.6 Å². The topological polar surface area (TPSA) is 55.1 Å². The highest BCUT2D eigenvalue weighted by atomic mass is 32.2. The van der Waals surface area contributed by atoms with Crippen molar-refractivity contribution in [2.75, 3.05) is 5.75 Å². The van der Waals surface area contributed by atoms with E-state index in [-0.39, 0.29) is 17.6 Å². The summed E-state index contributed by atoms with van der Waals surface area (Å²) in [6, 6.07) is 4.68. The van der Waals surface area contributed by atoms with Gasteiger partial charge in [0.05, 0.1) is 16.8 Å². The number of carboxylic acids is 1. The van der Waals surface area contributed by atoms with Crippen molar-refractivity contribution >= 4 is 28.8 Å². The molecule has 0 radical (unpaired) electrons. The van der Waals surface area contributed by atoms with Crippen molar-refractivity contribution in [2.24, 2.45) is 5.92 Å². The molecule has 1 aromatic heterocycles. The number of halogens is 1. The molecule has 1 aromatic carbocycles. The highest BCUT2D eigenvalue weighted by molar-refractivity contribution is 7.99. The molecule has 0 aliphatic carbocycles. The molecule has 114 valence electrons. The molecule has 0 saturated carbocycles. The Kier molecular flexibility index (Phi) is 4.88. The van der Waals surface area contributed by atoms with Crippen LogP contribution in [0.3, 0.4) is 0 Å². The lowest BCUT2D eigenvalue weighted by atomic mass is 10.1. The van der Waals surface area contributed by atoms with E-state index in [0.717, 1.165) is 11.9 Å². The molecule has 0 bridgehead atoms. The summed E-state index contributed by atoms with van der Waals surface area (Å²) >= 11 is 1.17. The van der Waals surface area contributed by atoms with Crippen LogP contribution in [-0.2, 0) is 4.79 Å². The van der Waals surface area contributed by atoms with Crippen LogP contribution in [-0.4, -0.2) is 26.4 Å². The molecule has 0 aliphatic heterocycles. The van der Waals surface area contributed by atoms with E-state index < -0.39 is 5.97 Å². The Hall–Kier alpha value is -1.56. The first-order valence-electron chi connectivity index (χ1n) is 6.90. The Labute approximate surface area is 127 Å². The summed E-state index contributed by atoms with van der Waals surface area (Å²) in [5.74, 6) is -0.768. The molecule has 4 nitrogen and oxygen atoms in total. The van der Waals surface area contributed by atoms with Gasteiger partial charge in [-0.05, 0) is 31.4 Å². The van der Waals surface area contributed by atoms with Crippen molar-refractivity contribution < 1.29 is 14.3 Å². The van der Waals surface area contributed by atoms with E-state index in [1.165, 1.54) is 23.9 Å². The van der Waals surface area contributed by atoms with Gasteiger partial charge in [-0.2, -0.15) is 0 Å². The Morgan fingerprint density at radius 2 is 2.14 bits per heavy atom. The van der Waals surface area contributed by atoms with Crippen LogP contribution in [0.25, 0.3) is 11.0 Å². The minimum atomic E-state index is -0.888. The molecule has 0 saturated heterocycles. The maximum atomic E-state index is 13.4. The molecular weight excluding hydrogens is 291 g/mol. The number of nitrogens with zero attached hydrogens (tertiary/aromatic N) is 2. The van der Waals surface area contributed by atoms with Gasteiger partial charge >= 0.3 is 5.97 Å². The van der Waals surface area contributed by atoms with E-state index in [1.807, 2.05) is 4.57 Å². The minimum absolute atomic E-state index is 0.0554. The fourth-order valence-electron chi connectivity index (χ4n) is 2.49. The van der Waals surface area contributed by atoms with Crippen molar-refractivity contribution in [3.63, 3.8) is 0 Å². The van der Waals surface area contributed by atoms with E-state index in [1.54, 1.807) is 6.07 Å². The monoisotopic (exact) mass is 310 g/mol. The largest absolute Gasteiger partial charge is 0.481 e. The number of hydrogen-bond acceptors (Lipinski definition) is 3.